The average Bonchev–Trinajstić information content (AvgIpc) is 2.05. The van der Waals surface area contributed by atoms with Crippen molar-refractivity contribution in [1.82, 2.24) is 0 Å². The van der Waals surface area contributed by atoms with Crippen LogP contribution in [0.15, 0.2) is 24.3 Å². The molecule has 0 aromatic heterocycles. The first-order chi connectivity index (χ1) is 5.24. The molecule has 0 radical (unpaired) electrons. The summed E-state index contributed by atoms with van der Waals surface area (Å²) in [7, 11) is 1.78. The molecular formula is C8H11NO2. The van der Waals surface area contributed by atoms with Gasteiger partial charge in [0, 0.05) is 18.3 Å². The van der Waals surface area contributed by atoms with Crippen molar-refractivity contribution in [3.05, 3.63) is 29.8 Å². The topological polar surface area (TPSA) is 52.5 Å². The second kappa shape index (κ2) is 3.37. The SMILES string of the molecule is CNc1cccc(C(O)O)c1. The zero-order valence-corrected chi connectivity index (χ0v) is 6.28. The first-order valence-corrected chi connectivity index (χ1v) is 3.38. The lowest BCUT2D eigenvalue weighted by atomic mass is 10.2. The zero-order valence-electron chi connectivity index (χ0n) is 6.28. The highest BCUT2D eigenvalue weighted by Gasteiger charge is 2.00. The van der Waals surface area contributed by atoms with Crippen LogP contribution < -0.4 is 5.32 Å². The Bertz CT molecular complexity index is 235. The van der Waals surface area contributed by atoms with Crippen molar-refractivity contribution in [2.24, 2.45) is 0 Å². The Kier molecular flexibility index (Phi) is 2.46. The summed E-state index contributed by atoms with van der Waals surface area (Å²) < 4.78 is 0. The Balaban J connectivity index is 2.91. The van der Waals surface area contributed by atoms with E-state index in [1.54, 1.807) is 25.2 Å². The molecule has 0 spiro atoms. The Morgan fingerprint density at radius 2 is 2.09 bits per heavy atom. The molecule has 0 saturated carbocycles. The van der Waals surface area contributed by atoms with Gasteiger partial charge in [-0.3, -0.25) is 0 Å². The van der Waals surface area contributed by atoms with Crippen molar-refractivity contribution < 1.29 is 10.2 Å². The second-order valence-electron chi connectivity index (χ2n) is 2.25. The van der Waals surface area contributed by atoms with E-state index < -0.39 is 6.29 Å². The van der Waals surface area contributed by atoms with E-state index in [0.717, 1.165) is 5.69 Å². The predicted octanol–water partition coefficient (Wildman–Crippen LogP) is 0.711. The van der Waals surface area contributed by atoms with Crippen LogP contribution >= 0.6 is 0 Å². The summed E-state index contributed by atoms with van der Waals surface area (Å²) in [5.74, 6) is 0. The summed E-state index contributed by atoms with van der Waals surface area (Å²) in [6, 6.07) is 6.96. The van der Waals surface area contributed by atoms with E-state index in [-0.39, 0.29) is 0 Å². The molecule has 3 heteroatoms. The van der Waals surface area contributed by atoms with Crippen LogP contribution in [0.4, 0.5) is 5.69 Å². The van der Waals surface area contributed by atoms with Crippen LogP contribution in [0.2, 0.25) is 0 Å². The lowest BCUT2D eigenvalue weighted by molar-refractivity contribution is -0.0424. The highest BCUT2D eigenvalue weighted by molar-refractivity contribution is 5.45. The van der Waals surface area contributed by atoms with Crippen molar-refractivity contribution in [3.63, 3.8) is 0 Å². The molecule has 0 atom stereocenters. The van der Waals surface area contributed by atoms with Crippen molar-refractivity contribution in [1.29, 1.82) is 0 Å². The molecule has 0 aliphatic rings. The van der Waals surface area contributed by atoms with Crippen LogP contribution in [0.5, 0.6) is 0 Å². The fourth-order valence-corrected chi connectivity index (χ4v) is 0.855. The Morgan fingerprint density at radius 1 is 1.36 bits per heavy atom. The van der Waals surface area contributed by atoms with Gasteiger partial charge in [0.1, 0.15) is 0 Å². The molecule has 1 aromatic rings. The Hall–Kier alpha value is -1.06. The molecule has 3 N–H and O–H groups in total. The van der Waals surface area contributed by atoms with E-state index in [0.29, 0.717) is 5.56 Å². The standard InChI is InChI=1S/C8H11NO2/c1-9-7-4-2-3-6(5-7)8(10)11/h2-5,8-11H,1H3. The predicted molar refractivity (Wildman–Crippen MR) is 43.2 cm³/mol. The summed E-state index contributed by atoms with van der Waals surface area (Å²) in [5.41, 5.74) is 1.37. The van der Waals surface area contributed by atoms with E-state index in [1.165, 1.54) is 0 Å². The maximum atomic E-state index is 8.77. The van der Waals surface area contributed by atoms with Gasteiger partial charge in [0.05, 0.1) is 0 Å². The zero-order chi connectivity index (χ0) is 8.27. The molecule has 0 saturated heterocycles. The Morgan fingerprint density at radius 3 is 2.64 bits per heavy atom. The van der Waals surface area contributed by atoms with E-state index >= 15 is 0 Å². The molecule has 0 heterocycles. The molecule has 1 aromatic carbocycles. The summed E-state index contributed by atoms with van der Waals surface area (Å²) in [4.78, 5) is 0. The number of aliphatic hydroxyl groups is 2. The number of hydrogen-bond acceptors (Lipinski definition) is 3. The van der Waals surface area contributed by atoms with Crippen LogP contribution in [0, 0.1) is 0 Å². The van der Waals surface area contributed by atoms with Crippen LogP contribution in [0.25, 0.3) is 0 Å². The smallest absolute Gasteiger partial charge is 0.178 e. The first kappa shape index (κ1) is 8.04. The number of nitrogens with one attached hydrogen (secondary N) is 1. The van der Waals surface area contributed by atoms with Gasteiger partial charge in [-0.05, 0) is 12.1 Å². The van der Waals surface area contributed by atoms with Crippen LogP contribution in [-0.4, -0.2) is 17.3 Å². The van der Waals surface area contributed by atoms with Gasteiger partial charge >= 0.3 is 0 Å². The van der Waals surface area contributed by atoms with Gasteiger partial charge in [0.2, 0.25) is 0 Å². The molecule has 0 amide bonds. The third-order valence-corrected chi connectivity index (χ3v) is 1.47. The molecule has 11 heavy (non-hydrogen) atoms. The molecule has 3 nitrogen and oxygen atoms in total. The second-order valence-corrected chi connectivity index (χ2v) is 2.25. The monoisotopic (exact) mass is 153 g/mol. The number of benzene rings is 1. The third-order valence-electron chi connectivity index (χ3n) is 1.47. The fraction of sp³-hybridized carbons (Fsp3) is 0.250. The quantitative estimate of drug-likeness (QED) is 0.548. The van der Waals surface area contributed by atoms with Gasteiger partial charge in [0.25, 0.3) is 0 Å². The lowest BCUT2D eigenvalue weighted by Gasteiger charge is -2.05. The minimum Gasteiger partial charge on any atom is -0.388 e. The molecule has 0 aliphatic carbocycles. The fourth-order valence-electron chi connectivity index (χ4n) is 0.855. The first-order valence-electron chi connectivity index (χ1n) is 3.38. The number of aliphatic hydroxyl groups excluding tert-OH is 1. The average molecular weight is 153 g/mol. The highest BCUT2D eigenvalue weighted by Crippen LogP contribution is 2.14. The van der Waals surface area contributed by atoms with E-state index in [1.807, 2.05) is 6.07 Å². The van der Waals surface area contributed by atoms with Crippen LogP contribution in [0.3, 0.4) is 0 Å². The number of anilines is 1. The largest absolute Gasteiger partial charge is 0.388 e. The van der Waals surface area contributed by atoms with Gasteiger partial charge in [-0.2, -0.15) is 0 Å². The van der Waals surface area contributed by atoms with Crippen molar-refractivity contribution in [2.45, 2.75) is 6.29 Å². The minimum absolute atomic E-state index is 0.497. The van der Waals surface area contributed by atoms with Crippen molar-refractivity contribution in [3.8, 4) is 0 Å². The molecule has 0 fully saturated rings. The van der Waals surface area contributed by atoms with Crippen molar-refractivity contribution >= 4 is 5.69 Å². The number of rotatable bonds is 2. The normalized spacial score (nSPS) is 10.2. The molecule has 1 rings (SSSR count). The van der Waals surface area contributed by atoms with Crippen LogP contribution in [-0.2, 0) is 0 Å². The van der Waals surface area contributed by atoms with Gasteiger partial charge < -0.3 is 15.5 Å². The summed E-state index contributed by atoms with van der Waals surface area (Å²) >= 11 is 0. The van der Waals surface area contributed by atoms with Gasteiger partial charge in [-0.1, -0.05) is 12.1 Å². The highest BCUT2D eigenvalue weighted by atomic mass is 16.5. The maximum Gasteiger partial charge on any atom is 0.178 e. The van der Waals surface area contributed by atoms with Gasteiger partial charge in [-0.15, -0.1) is 0 Å². The van der Waals surface area contributed by atoms with E-state index in [9.17, 15) is 0 Å². The van der Waals surface area contributed by atoms with E-state index in [4.69, 9.17) is 10.2 Å². The molecule has 0 aliphatic heterocycles. The molecule has 60 valence electrons. The lowest BCUT2D eigenvalue weighted by Crippen LogP contribution is -1.96. The van der Waals surface area contributed by atoms with Gasteiger partial charge in [-0.25, -0.2) is 0 Å². The van der Waals surface area contributed by atoms with Gasteiger partial charge in [0.15, 0.2) is 6.29 Å². The number of hydrogen-bond donors (Lipinski definition) is 3. The summed E-state index contributed by atoms with van der Waals surface area (Å²) in [6.45, 7) is 0. The molecule has 0 bridgehead atoms. The Labute approximate surface area is 65.3 Å². The maximum absolute atomic E-state index is 8.77. The van der Waals surface area contributed by atoms with Crippen molar-refractivity contribution in [2.75, 3.05) is 12.4 Å². The van der Waals surface area contributed by atoms with E-state index in [2.05, 4.69) is 5.32 Å². The molecule has 0 unspecified atom stereocenters. The van der Waals surface area contributed by atoms with Crippen LogP contribution in [0.1, 0.15) is 11.9 Å². The minimum atomic E-state index is -1.39. The third kappa shape index (κ3) is 1.93. The molecular weight excluding hydrogens is 142 g/mol. The summed E-state index contributed by atoms with van der Waals surface area (Å²) in [6.07, 6.45) is -1.39. The summed E-state index contributed by atoms with van der Waals surface area (Å²) in [5, 5.41) is 20.4.